The highest BCUT2D eigenvalue weighted by Crippen LogP contribution is 2.40. The summed E-state index contributed by atoms with van der Waals surface area (Å²) in [7, 11) is 1.73. The standard InChI is InChI=1S/C13H18N4O2/c1-16-11(8(6-14)7-15-16)17-12(18)9-4-2-3-5-10(9)13(17)19/h7,9-10H,2-6,14H2,1H3. The first-order chi connectivity index (χ1) is 9.15. The normalized spacial score (nSPS) is 26.9. The van der Waals surface area contributed by atoms with Crippen LogP contribution < -0.4 is 10.6 Å². The van der Waals surface area contributed by atoms with Crippen LogP contribution in [0.1, 0.15) is 31.2 Å². The molecule has 2 unspecified atom stereocenters. The highest BCUT2D eigenvalue weighted by molar-refractivity contribution is 6.22. The zero-order chi connectivity index (χ0) is 13.6. The molecule has 1 aliphatic carbocycles. The average molecular weight is 262 g/mol. The van der Waals surface area contributed by atoms with Crippen LogP contribution in [0.5, 0.6) is 0 Å². The van der Waals surface area contributed by atoms with Crippen LogP contribution in [0, 0.1) is 11.8 Å². The number of hydrogen-bond donors (Lipinski definition) is 1. The Morgan fingerprint density at radius 3 is 2.37 bits per heavy atom. The number of anilines is 1. The summed E-state index contributed by atoms with van der Waals surface area (Å²) in [4.78, 5) is 26.3. The van der Waals surface area contributed by atoms with Crippen LogP contribution in [0.3, 0.4) is 0 Å². The number of nitrogens with two attached hydrogens (primary N) is 1. The van der Waals surface area contributed by atoms with Gasteiger partial charge in [0.25, 0.3) is 0 Å². The van der Waals surface area contributed by atoms with Crippen molar-refractivity contribution in [3.63, 3.8) is 0 Å². The van der Waals surface area contributed by atoms with E-state index in [4.69, 9.17) is 5.73 Å². The van der Waals surface area contributed by atoms with Crippen molar-refractivity contribution in [3.8, 4) is 0 Å². The molecule has 6 heteroatoms. The van der Waals surface area contributed by atoms with E-state index in [0.717, 1.165) is 31.2 Å². The number of aryl methyl sites for hydroxylation is 1. The summed E-state index contributed by atoms with van der Waals surface area (Å²) in [6.07, 6.45) is 5.33. The molecular formula is C13H18N4O2. The average Bonchev–Trinajstić information content (AvgIpc) is 2.90. The first kappa shape index (κ1) is 12.3. The maximum absolute atomic E-state index is 12.5. The fourth-order valence-corrected chi connectivity index (χ4v) is 3.28. The van der Waals surface area contributed by atoms with E-state index in [2.05, 4.69) is 5.10 Å². The molecule has 0 spiro atoms. The number of carbonyl (C=O) groups excluding carboxylic acids is 2. The molecule has 1 saturated heterocycles. The van der Waals surface area contributed by atoms with Gasteiger partial charge in [0.1, 0.15) is 5.82 Å². The van der Waals surface area contributed by atoms with E-state index < -0.39 is 0 Å². The monoisotopic (exact) mass is 262 g/mol. The molecular weight excluding hydrogens is 244 g/mol. The van der Waals surface area contributed by atoms with E-state index in [1.807, 2.05) is 0 Å². The third-order valence-corrected chi connectivity index (χ3v) is 4.25. The predicted octanol–water partition coefficient (Wildman–Crippen LogP) is 0.558. The number of amides is 2. The molecule has 1 saturated carbocycles. The Morgan fingerprint density at radius 1 is 1.26 bits per heavy atom. The van der Waals surface area contributed by atoms with E-state index in [1.165, 1.54) is 4.90 Å². The van der Waals surface area contributed by atoms with Gasteiger partial charge < -0.3 is 5.73 Å². The number of aromatic nitrogens is 2. The van der Waals surface area contributed by atoms with Crippen LogP contribution >= 0.6 is 0 Å². The lowest BCUT2D eigenvalue weighted by Crippen LogP contribution is -2.33. The highest BCUT2D eigenvalue weighted by Gasteiger charge is 2.50. The Kier molecular flexibility index (Phi) is 2.89. The lowest BCUT2D eigenvalue weighted by atomic mass is 9.81. The second kappa shape index (κ2) is 4.45. The molecule has 3 rings (SSSR count). The Balaban J connectivity index is 2.03. The molecule has 1 aliphatic heterocycles. The van der Waals surface area contributed by atoms with Gasteiger partial charge in [0.15, 0.2) is 0 Å². The second-order valence-electron chi connectivity index (χ2n) is 5.33. The Bertz CT molecular complexity index is 513. The van der Waals surface area contributed by atoms with Gasteiger partial charge >= 0.3 is 0 Å². The minimum atomic E-state index is -0.137. The molecule has 1 aromatic heterocycles. The quantitative estimate of drug-likeness (QED) is 0.789. The lowest BCUT2D eigenvalue weighted by Gasteiger charge is -2.19. The highest BCUT2D eigenvalue weighted by atomic mass is 16.2. The molecule has 2 heterocycles. The molecule has 2 amide bonds. The van der Waals surface area contributed by atoms with Crippen LogP contribution in [0.15, 0.2) is 6.20 Å². The fourth-order valence-electron chi connectivity index (χ4n) is 3.28. The number of hydrogen-bond acceptors (Lipinski definition) is 4. The number of nitrogens with zero attached hydrogens (tertiary/aromatic N) is 3. The summed E-state index contributed by atoms with van der Waals surface area (Å²) in [5, 5.41) is 4.11. The van der Waals surface area contributed by atoms with Crippen LogP contribution in [0.25, 0.3) is 0 Å². The zero-order valence-corrected chi connectivity index (χ0v) is 11.0. The first-order valence-electron chi connectivity index (χ1n) is 6.74. The van der Waals surface area contributed by atoms with Gasteiger partial charge in [-0.3, -0.25) is 14.3 Å². The van der Waals surface area contributed by atoms with Crippen molar-refractivity contribution in [2.45, 2.75) is 32.2 Å². The van der Waals surface area contributed by atoms with Crippen molar-refractivity contribution in [1.82, 2.24) is 9.78 Å². The third-order valence-electron chi connectivity index (χ3n) is 4.25. The van der Waals surface area contributed by atoms with E-state index in [9.17, 15) is 9.59 Å². The van der Waals surface area contributed by atoms with E-state index in [-0.39, 0.29) is 30.2 Å². The van der Waals surface area contributed by atoms with Crippen molar-refractivity contribution in [1.29, 1.82) is 0 Å². The molecule has 0 radical (unpaired) electrons. The van der Waals surface area contributed by atoms with Gasteiger partial charge in [-0.05, 0) is 12.8 Å². The maximum atomic E-state index is 12.5. The Labute approximate surface area is 111 Å². The topological polar surface area (TPSA) is 81.2 Å². The lowest BCUT2D eigenvalue weighted by molar-refractivity contribution is -0.122. The number of carbonyl (C=O) groups is 2. The summed E-state index contributed by atoms with van der Waals surface area (Å²) in [6.45, 7) is 0.273. The SMILES string of the molecule is Cn1ncc(CN)c1N1C(=O)C2CCCCC2C1=O. The molecule has 2 N–H and O–H groups in total. The van der Waals surface area contributed by atoms with E-state index >= 15 is 0 Å². The number of imide groups is 1. The van der Waals surface area contributed by atoms with Crippen LogP contribution in [-0.2, 0) is 23.2 Å². The van der Waals surface area contributed by atoms with Gasteiger partial charge in [-0.1, -0.05) is 12.8 Å². The molecule has 1 aromatic rings. The Hall–Kier alpha value is -1.69. The summed E-state index contributed by atoms with van der Waals surface area (Å²) in [6, 6.07) is 0. The van der Waals surface area contributed by atoms with Crippen molar-refractivity contribution < 1.29 is 9.59 Å². The molecule has 102 valence electrons. The van der Waals surface area contributed by atoms with Crippen LogP contribution in [-0.4, -0.2) is 21.6 Å². The largest absolute Gasteiger partial charge is 0.326 e. The van der Waals surface area contributed by atoms with Gasteiger partial charge in [0, 0.05) is 19.2 Å². The van der Waals surface area contributed by atoms with Gasteiger partial charge in [0.2, 0.25) is 11.8 Å². The number of fused-ring (bicyclic) bond motifs is 1. The summed E-state index contributed by atoms with van der Waals surface area (Å²) >= 11 is 0. The zero-order valence-electron chi connectivity index (χ0n) is 11.0. The number of rotatable bonds is 2. The molecule has 2 aliphatic rings. The third kappa shape index (κ3) is 1.70. The van der Waals surface area contributed by atoms with Gasteiger partial charge in [-0.15, -0.1) is 0 Å². The molecule has 6 nitrogen and oxygen atoms in total. The molecule has 0 bridgehead atoms. The smallest absolute Gasteiger partial charge is 0.238 e. The molecule has 0 aromatic carbocycles. The van der Waals surface area contributed by atoms with Crippen molar-refractivity contribution in [2.75, 3.05) is 4.90 Å². The van der Waals surface area contributed by atoms with Gasteiger partial charge in [0.05, 0.1) is 18.0 Å². The van der Waals surface area contributed by atoms with Crippen molar-refractivity contribution in [3.05, 3.63) is 11.8 Å². The van der Waals surface area contributed by atoms with Gasteiger partial charge in [-0.25, -0.2) is 4.90 Å². The predicted molar refractivity (Wildman–Crippen MR) is 69.0 cm³/mol. The van der Waals surface area contributed by atoms with Crippen LogP contribution in [0.2, 0.25) is 0 Å². The first-order valence-corrected chi connectivity index (χ1v) is 6.74. The summed E-state index contributed by atoms with van der Waals surface area (Å²) < 4.78 is 1.56. The Morgan fingerprint density at radius 2 is 1.84 bits per heavy atom. The minimum Gasteiger partial charge on any atom is -0.326 e. The summed E-state index contributed by atoms with van der Waals surface area (Å²) in [5.74, 6) is 0.122. The minimum absolute atomic E-state index is 0.0759. The van der Waals surface area contributed by atoms with E-state index in [1.54, 1.807) is 17.9 Å². The van der Waals surface area contributed by atoms with Crippen molar-refractivity contribution >= 4 is 17.6 Å². The summed E-state index contributed by atoms with van der Waals surface area (Å²) in [5.41, 5.74) is 6.41. The molecule has 19 heavy (non-hydrogen) atoms. The van der Waals surface area contributed by atoms with E-state index in [0.29, 0.717) is 5.82 Å². The second-order valence-corrected chi connectivity index (χ2v) is 5.33. The fraction of sp³-hybridized carbons (Fsp3) is 0.615. The van der Waals surface area contributed by atoms with Crippen molar-refractivity contribution in [2.24, 2.45) is 24.6 Å². The molecule has 2 atom stereocenters. The maximum Gasteiger partial charge on any atom is 0.238 e. The van der Waals surface area contributed by atoms with Crippen LogP contribution in [0.4, 0.5) is 5.82 Å². The van der Waals surface area contributed by atoms with Gasteiger partial charge in [-0.2, -0.15) is 5.10 Å². The molecule has 2 fully saturated rings.